The maximum atomic E-state index is 11.8. The minimum atomic E-state index is -0.282. The Hall–Kier alpha value is -2.19. The SMILES string of the molecule is CNC(=O)c1cncc2cc(C=C3SC(=S)NC3=O)oc12. The lowest BCUT2D eigenvalue weighted by atomic mass is 10.2. The zero-order chi connectivity index (χ0) is 15.0. The number of rotatable bonds is 2. The number of fused-ring (bicyclic) bond motifs is 1. The van der Waals surface area contributed by atoms with E-state index in [9.17, 15) is 9.59 Å². The van der Waals surface area contributed by atoms with Gasteiger partial charge < -0.3 is 15.1 Å². The maximum Gasteiger partial charge on any atom is 0.263 e. The van der Waals surface area contributed by atoms with E-state index in [2.05, 4.69) is 15.6 Å². The Labute approximate surface area is 129 Å². The van der Waals surface area contributed by atoms with Gasteiger partial charge in [0.25, 0.3) is 11.8 Å². The van der Waals surface area contributed by atoms with Gasteiger partial charge in [0.05, 0.1) is 4.91 Å². The summed E-state index contributed by atoms with van der Waals surface area (Å²) in [4.78, 5) is 27.8. The van der Waals surface area contributed by atoms with Gasteiger partial charge >= 0.3 is 0 Å². The van der Waals surface area contributed by atoms with Crippen molar-refractivity contribution in [3.8, 4) is 0 Å². The van der Waals surface area contributed by atoms with Gasteiger partial charge in [0, 0.05) is 30.9 Å². The second-order valence-corrected chi connectivity index (χ2v) is 5.90. The van der Waals surface area contributed by atoms with Crippen LogP contribution in [-0.2, 0) is 4.79 Å². The standard InChI is InChI=1S/C13H9N3O3S2/c1-14-11(17)8-5-15-4-6-2-7(19-10(6)8)3-9-12(18)16-13(20)21-9/h2-5H,1H3,(H,14,17)(H,16,18,20). The lowest BCUT2D eigenvalue weighted by Gasteiger charge is -1.98. The van der Waals surface area contributed by atoms with Gasteiger partial charge in [-0.1, -0.05) is 24.0 Å². The highest BCUT2D eigenvalue weighted by atomic mass is 32.2. The van der Waals surface area contributed by atoms with Gasteiger partial charge in [-0.25, -0.2) is 0 Å². The third-order valence-corrected chi connectivity index (χ3v) is 3.99. The normalized spacial score (nSPS) is 16.5. The molecule has 2 N–H and O–H groups in total. The highest BCUT2D eigenvalue weighted by Crippen LogP contribution is 2.29. The molecule has 0 aliphatic carbocycles. The number of aromatic nitrogens is 1. The lowest BCUT2D eigenvalue weighted by molar-refractivity contribution is -0.115. The Morgan fingerprint density at radius 1 is 1.52 bits per heavy atom. The van der Waals surface area contributed by atoms with Crippen molar-refractivity contribution in [3.05, 3.63) is 34.7 Å². The summed E-state index contributed by atoms with van der Waals surface area (Å²) in [6.45, 7) is 0. The predicted octanol–water partition coefficient (Wildman–Crippen LogP) is 1.68. The van der Waals surface area contributed by atoms with Crippen molar-refractivity contribution in [1.82, 2.24) is 15.6 Å². The first-order valence-corrected chi connectivity index (χ1v) is 7.15. The van der Waals surface area contributed by atoms with Crippen molar-refractivity contribution in [2.45, 2.75) is 0 Å². The smallest absolute Gasteiger partial charge is 0.263 e. The van der Waals surface area contributed by atoms with Crippen LogP contribution in [0.5, 0.6) is 0 Å². The summed E-state index contributed by atoms with van der Waals surface area (Å²) < 4.78 is 6.07. The molecule has 2 aromatic heterocycles. The van der Waals surface area contributed by atoms with Crippen LogP contribution >= 0.6 is 24.0 Å². The number of pyridine rings is 1. The zero-order valence-corrected chi connectivity index (χ0v) is 12.4. The Balaban J connectivity index is 2.06. The molecule has 1 saturated heterocycles. The molecule has 0 atom stereocenters. The molecule has 1 aliphatic rings. The summed E-state index contributed by atoms with van der Waals surface area (Å²) in [5.41, 5.74) is 0.779. The fraction of sp³-hybridized carbons (Fsp3) is 0.0769. The van der Waals surface area contributed by atoms with E-state index in [1.165, 1.54) is 25.0 Å². The van der Waals surface area contributed by atoms with Crippen LogP contribution in [0.15, 0.2) is 27.8 Å². The van der Waals surface area contributed by atoms with Gasteiger partial charge in [-0.05, 0) is 6.07 Å². The van der Waals surface area contributed by atoms with Crippen LogP contribution in [0, 0.1) is 0 Å². The van der Waals surface area contributed by atoms with Crippen molar-refractivity contribution in [2.75, 3.05) is 7.05 Å². The molecule has 0 aromatic carbocycles. The Kier molecular flexibility index (Phi) is 3.48. The van der Waals surface area contributed by atoms with E-state index in [0.29, 0.717) is 31.5 Å². The summed E-state index contributed by atoms with van der Waals surface area (Å²) in [5.74, 6) is -0.0728. The fourth-order valence-electron chi connectivity index (χ4n) is 1.90. The first-order chi connectivity index (χ1) is 10.1. The van der Waals surface area contributed by atoms with Gasteiger partial charge in [-0.2, -0.15) is 0 Å². The average molecular weight is 319 g/mol. The molecule has 3 heterocycles. The number of hydrogen-bond acceptors (Lipinski definition) is 6. The van der Waals surface area contributed by atoms with E-state index in [-0.39, 0.29) is 11.8 Å². The summed E-state index contributed by atoms with van der Waals surface area (Å²) in [7, 11) is 1.54. The molecule has 0 radical (unpaired) electrons. The predicted molar refractivity (Wildman–Crippen MR) is 83.7 cm³/mol. The van der Waals surface area contributed by atoms with Gasteiger partial charge in [0.1, 0.15) is 15.6 Å². The Morgan fingerprint density at radius 2 is 2.33 bits per heavy atom. The molecule has 0 bridgehead atoms. The largest absolute Gasteiger partial charge is 0.456 e. The van der Waals surface area contributed by atoms with Gasteiger partial charge in [-0.15, -0.1) is 0 Å². The minimum Gasteiger partial charge on any atom is -0.456 e. The van der Waals surface area contributed by atoms with E-state index < -0.39 is 0 Å². The van der Waals surface area contributed by atoms with Crippen molar-refractivity contribution in [2.24, 2.45) is 0 Å². The van der Waals surface area contributed by atoms with Crippen LogP contribution in [0.3, 0.4) is 0 Å². The van der Waals surface area contributed by atoms with E-state index >= 15 is 0 Å². The molecule has 1 fully saturated rings. The number of nitrogens with one attached hydrogen (secondary N) is 2. The monoisotopic (exact) mass is 319 g/mol. The van der Waals surface area contributed by atoms with Gasteiger partial charge in [0.15, 0.2) is 5.58 Å². The number of hydrogen-bond donors (Lipinski definition) is 2. The molecule has 1 aliphatic heterocycles. The number of thiocarbonyl (C=S) groups is 1. The van der Waals surface area contributed by atoms with Crippen molar-refractivity contribution in [1.29, 1.82) is 0 Å². The highest BCUT2D eigenvalue weighted by Gasteiger charge is 2.23. The lowest BCUT2D eigenvalue weighted by Crippen LogP contribution is -2.18. The van der Waals surface area contributed by atoms with E-state index in [1.807, 2.05) is 0 Å². The third kappa shape index (κ3) is 2.55. The quantitative estimate of drug-likeness (QED) is 0.647. The second kappa shape index (κ2) is 5.30. The third-order valence-electron chi connectivity index (χ3n) is 2.83. The molecule has 0 spiro atoms. The molecule has 6 nitrogen and oxygen atoms in total. The molecule has 2 aromatic rings. The number of carbonyl (C=O) groups excluding carboxylic acids is 2. The first-order valence-electron chi connectivity index (χ1n) is 5.93. The Bertz CT molecular complexity index is 810. The van der Waals surface area contributed by atoms with Crippen LogP contribution in [0.1, 0.15) is 16.1 Å². The van der Waals surface area contributed by atoms with Crippen LogP contribution < -0.4 is 10.6 Å². The molecule has 0 unspecified atom stereocenters. The van der Waals surface area contributed by atoms with E-state index in [4.69, 9.17) is 16.6 Å². The molecular formula is C13H9N3O3S2. The van der Waals surface area contributed by atoms with E-state index in [0.717, 1.165) is 0 Å². The van der Waals surface area contributed by atoms with E-state index in [1.54, 1.807) is 18.3 Å². The molecule has 2 amide bonds. The molecule has 3 rings (SSSR count). The molecular weight excluding hydrogens is 310 g/mol. The number of amides is 2. The first kappa shape index (κ1) is 13.8. The molecule has 106 valence electrons. The summed E-state index contributed by atoms with van der Waals surface area (Å²) in [6, 6.07) is 1.72. The summed E-state index contributed by atoms with van der Waals surface area (Å²) in [5, 5.41) is 5.75. The number of nitrogens with zero attached hydrogens (tertiary/aromatic N) is 1. The van der Waals surface area contributed by atoms with Gasteiger partial charge in [0.2, 0.25) is 0 Å². The molecule has 8 heteroatoms. The van der Waals surface area contributed by atoms with Gasteiger partial charge in [-0.3, -0.25) is 14.6 Å². The van der Waals surface area contributed by atoms with Crippen LogP contribution in [-0.4, -0.2) is 28.2 Å². The second-order valence-electron chi connectivity index (χ2n) is 4.19. The number of furan rings is 1. The van der Waals surface area contributed by atoms with Crippen molar-refractivity contribution < 1.29 is 14.0 Å². The number of thioether (sulfide) groups is 1. The Morgan fingerprint density at radius 3 is 3.00 bits per heavy atom. The fourth-order valence-corrected chi connectivity index (χ4v) is 2.92. The topological polar surface area (TPSA) is 84.2 Å². The van der Waals surface area contributed by atoms with Crippen LogP contribution in [0.25, 0.3) is 17.0 Å². The maximum absolute atomic E-state index is 11.8. The molecule has 0 saturated carbocycles. The summed E-state index contributed by atoms with van der Waals surface area (Å²) in [6.07, 6.45) is 4.63. The molecule has 21 heavy (non-hydrogen) atoms. The highest BCUT2D eigenvalue weighted by molar-refractivity contribution is 8.26. The van der Waals surface area contributed by atoms with Crippen LogP contribution in [0.4, 0.5) is 0 Å². The van der Waals surface area contributed by atoms with Crippen molar-refractivity contribution in [3.63, 3.8) is 0 Å². The summed E-state index contributed by atoms with van der Waals surface area (Å²) >= 11 is 6.09. The minimum absolute atomic E-state index is 0.255. The van der Waals surface area contributed by atoms with Crippen molar-refractivity contribution >= 4 is 57.2 Å². The zero-order valence-electron chi connectivity index (χ0n) is 10.8. The van der Waals surface area contributed by atoms with Crippen LogP contribution in [0.2, 0.25) is 0 Å². The average Bonchev–Trinajstić information content (AvgIpc) is 3.00. The number of carbonyl (C=O) groups is 2.